The van der Waals surface area contributed by atoms with Crippen LogP contribution in [0.25, 0.3) is 10.9 Å². The number of carboxylic acid groups (broad SMARTS) is 2. The molecule has 0 saturated carbocycles. The van der Waals surface area contributed by atoms with Gasteiger partial charge in [0.1, 0.15) is 12.6 Å². The van der Waals surface area contributed by atoms with Crippen molar-refractivity contribution in [2.24, 2.45) is 0 Å². The van der Waals surface area contributed by atoms with E-state index in [0.717, 1.165) is 19.6 Å². The van der Waals surface area contributed by atoms with Gasteiger partial charge in [-0.1, -0.05) is 23.7 Å². The largest absolute Gasteiger partial charge is 0.480 e. The summed E-state index contributed by atoms with van der Waals surface area (Å²) >= 11 is 7.83. The van der Waals surface area contributed by atoms with E-state index in [1.165, 1.54) is 4.88 Å². The van der Waals surface area contributed by atoms with Crippen molar-refractivity contribution in [2.45, 2.75) is 19.1 Å². The van der Waals surface area contributed by atoms with Gasteiger partial charge in [0.05, 0.1) is 5.52 Å². The van der Waals surface area contributed by atoms with Crippen molar-refractivity contribution in [3.05, 3.63) is 57.4 Å². The average molecular weight is 448 g/mol. The highest BCUT2D eigenvalue weighted by Gasteiger charge is 2.33. The van der Waals surface area contributed by atoms with Gasteiger partial charge in [0, 0.05) is 59.8 Å². The Bertz CT molecular complexity index is 1060. The summed E-state index contributed by atoms with van der Waals surface area (Å²) in [4.78, 5) is 29.2. The van der Waals surface area contributed by atoms with Crippen LogP contribution in [0, 0.1) is 0 Å². The highest BCUT2D eigenvalue weighted by Crippen LogP contribution is 2.33. The van der Waals surface area contributed by atoms with Gasteiger partial charge in [-0.3, -0.25) is 19.4 Å². The van der Waals surface area contributed by atoms with Crippen molar-refractivity contribution in [3.8, 4) is 0 Å². The quantitative estimate of drug-likeness (QED) is 0.577. The third kappa shape index (κ3) is 4.37. The second-order valence-electron chi connectivity index (χ2n) is 7.40. The molecule has 1 atom stereocenters. The smallest absolute Gasteiger partial charge is 0.325 e. The summed E-state index contributed by atoms with van der Waals surface area (Å²) in [5.74, 6) is -1.93. The Kier molecular flexibility index (Phi) is 6.10. The summed E-state index contributed by atoms with van der Waals surface area (Å²) in [6, 6.07) is 8.47. The Morgan fingerprint density at radius 1 is 1.13 bits per heavy atom. The van der Waals surface area contributed by atoms with Gasteiger partial charge in [0.15, 0.2) is 0 Å². The molecule has 2 aromatic heterocycles. The van der Waals surface area contributed by atoms with Gasteiger partial charge in [-0.05, 0) is 23.6 Å². The van der Waals surface area contributed by atoms with E-state index < -0.39 is 18.0 Å². The molecule has 1 aliphatic rings. The van der Waals surface area contributed by atoms with E-state index in [0.29, 0.717) is 34.6 Å². The fourth-order valence-electron chi connectivity index (χ4n) is 4.08. The lowest BCUT2D eigenvalue weighted by molar-refractivity contribution is -0.144. The Morgan fingerprint density at radius 3 is 2.53 bits per heavy atom. The van der Waals surface area contributed by atoms with Crippen LogP contribution >= 0.6 is 22.9 Å². The minimum atomic E-state index is -0.993. The first kappa shape index (κ1) is 20.9. The normalized spacial score (nSPS) is 16.7. The highest BCUT2D eigenvalue weighted by atomic mass is 35.5. The molecule has 3 aromatic rings. The van der Waals surface area contributed by atoms with E-state index in [4.69, 9.17) is 11.6 Å². The number of carbonyl (C=O) groups is 2. The number of fused-ring (bicyclic) bond motifs is 1. The molecule has 2 N–H and O–H groups in total. The molecule has 158 valence electrons. The monoisotopic (exact) mass is 447 g/mol. The first-order valence-corrected chi connectivity index (χ1v) is 10.9. The minimum absolute atomic E-state index is 0.252. The molecule has 0 amide bonds. The topological polar surface area (TPSA) is 86.0 Å². The maximum Gasteiger partial charge on any atom is 0.325 e. The van der Waals surface area contributed by atoms with Crippen LogP contribution in [-0.4, -0.2) is 62.7 Å². The highest BCUT2D eigenvalue weighted by molar-refractivity contribution is 7.09. The van der Waals surface area contributed by atoms with Crippen molar-refractivity contribution < 1.29 is 19.8 Å². The summed E-state index contributed by atoms with van der Waals surface area (Å²) in [7, 11) is 0. The van der Waals surface area contributed by atoms with Gasteiger partial charge in [0.25, 0.3) is 0 Å². The Balaban J connectivity index is 1.60. The number of rotatable bonds is 7. The lowest BCUT2D eigenvalue weighted by atomic mass is 10.0. The molecule has 0 spiro atoms. The second-order valence-corrected chi connectivity index (χ2v) is 8.87. The summed E-state index contributed by atoms with van der Waals surface area (Å²) in [6.45, 7) is 3.43. The molecule has 9 heteroatoms. The zero-order chi connectivity index (χ0) is 21.3. The van der Waals surface area contributed by atoms with Crippen LogP contribution in [0.15, 0.2) is 41.9 Å². The van der Waals surface area contributed by atoms with Crippen LogP contribution < -0.4 is 0 Å². The molecule has 0 radical (unpaired) electrons. The first-order chi connectivity index (χ1) is 14.4. The summed E-state index contributed by atoms with van der Waals surface area (Å²) in [5.41, 5.74) is 1.23. The van der Waals surface area contributed by atoms with Crippen LogP contribution in [0.4, 0.5) is 0 Å². The molecule has 0 unspecified atom stereocenters. The van der Waals surface area contributed by atoms with Gasteiger partial charge >= 0.3 is 11.9 Å². The fraction of sp³-hybridized carbons (Fsp3) is 0.333. The average Bonchev–Trinajstić information content (AvgIpc) is 3.31. The van der Waals surface area contributed by atoms with Gasteiger partial charge in [-0.25, -0.2) is 0 Å². The molecule has 30 heavy (non-hydrogen) atoms. The molecular weight excluding hydrogens is 426 g/mol. The fourth-order valence-corrected chi connectivity index (χ4v) is 4.99. The Morgan fingerprint density at radius 2 is 1.90 bits per heavy atom. The molecular formula is C21H22ClN3O4S. The lowest BCUT2D eigenvalue weighted by Crippen LogP contribution is -2.48. The standard InChI is InChI=1S/C21H22ClN3O4S/c22-14-3-4-16-17(12-25(13-19(26)27)18(16)10-14)20(21(28)29)24-7-5-23(6-8-24)11-15-2-1-9-30-15/h1-4,9-10,12,20H,5-8,11,13H2,(H,26,27)(H,28,29)/t20-/m0/s1. The van der Waals surface area contributed by atoms with E-state index in [-0.39, 0.29) is 6.54 Å². The van der Waals surface area contributed by atoms with Gasteiger partial charge in [-0.15, -0.1) is 11.3 Å². The number of hydrogen-bond donors (Lipinski definition) is 2. The van der Waals surface area contributed by atoms with Crippen molar-refractivity contribution in [1.29, 1.82) is 0 Å². The number of hydrogen-bond acceptors (Lipinski definition) is 5. The van der Waals surface area contributed by atoms with E-state index >= 15 is 0 Å². The van der Waals surface area contributed by atoms with E-state index in [1.54, 1.807) is 40.3 Å². The van der Waals surface area contributed by atoms with Crippen LogP contribution in [0.5, 0.6) is 0 Å². The SMILES string of the molecule is O=C(O)Cn1cc([C@@H](C(=O)O)N2CCN(Cc3cccs3)CC2)c2ccc(Cl)cc21. The van der Waals surface area contributed by atoms with E-state index in [2.05, 4.69) is 16.3 Å². The Labute approximate surface area is 182 Å². The van der Waals surface area contributed by atoms with Gasteiger partial charge in [-0.2, -0.15) is 0 Å². The number of carboxylic acids is 2. The number of thiophene rings is 1. The number of aromatic nitrogens is 1. The van der Waals surface area contributed by atoms with Gasteiger partial charge < -0.3 is 14.8 Å². The van der Waals surface area contributed by atoms with Crippen LogP contribution in [0.1, 0.15) is 16.5 Å². The number of benzene rings is 1. The molecule has 1 aliphatic heterocycles. The molecule has 0 aliphatic carbocycles. The molecule has 4 rings (SSSR count). The first-order valence-electron chi connectivity index (χ1n) is 9.64. The van der Waals surface area contributed by atoms with Crippen LogP contribution in [0.3, 0.4) is 0 Å². The zero-order valence-electron chi connectivity index (χ0n) is 16.2. The lowest BCUT2D eigenvalue weighted by Gasteiger charge is -2.37. The maximum atomic E-state index is 12.3. The minimum Gasteiger partial charge on any atom is -0.480 e. The zero-order valence-corrected chi connectivity index (χ0v) is 17.8. The molecule has 1 saturated heterocycles. The van der Waals surface area contributed by atoms with Crippen LogP contribution in [-0.2, 0) is 22.7 Å². The van der Waals surface area contributed by atoms with Crippen molar-refractivity contribution in [2.75, 3.05) is 26.2 Å². The van der Waals surface area contributed by atoms with Crippen molar-refractivity contribution in [3.63, 3.8) is 0 Å². The third-order valence-corrected chi connectivity index (χ3v) is 6.54. The second kappa shape index (κ2) is 8.77. The van der Waals surface area contributed by atoms with Crippen molar-refractivity contribution in [1.82, 2.24) is 14.4 Å². The van der Waals surface area contributed by atoms with E-state index in [1.807, 2.05) is 11.0 Å². The summed E-state index contributed by atoms with van der Waals surface area (Å²) < 4.78 is 1.56. The van der Waals surface area contributed by atoms with Crippen LogP contribution in [0.2, 0.25) is 5.02 Å². The van der Waals surface area contributed by atoms with Crippen molar-refractivity contribution >= 4 is 45.8 Å². The molecule has 3 heterocycles. The predicted molar refractivity (Wildman–Crippen MR) is 116 cm³/mol. The molecule has 1 fully saturated rings. The molecule has 0 bridgehead atoms. The Hall–Kier alpha value is -2.39. The molecule has 7 nitrogen and oxygen atoms in total. The number of nitrogens with zero attached hydrogens (tertiary/aromatic N) is 3. The van der Waals surface area contributed by atoms with E-state index in [9.17, 15) is 19.8 Å². The summed E-state index contributed by atoms with van der Waals surface area (Å²) in [6.07, 6.45) is 1.64. The molecule has 1 aromatic carbocycles. The number of piperazine rings is 1. The maximum absolute atomic E-state index is 12.3. The van der Waals surface area contributed by atoms with Gasteiger partial charge in [0.2, 0.25) is 0 Å². The third-order valence-electron chi connectivity index (χ3n) is 5.44. The number of aliphatic carboxylic acids is 2. The summed E-state index contributed by atoms with van der Waals surface area (Å²) in [5, 5.41) is 22.6. The predicted octanol–water partition coefficient (Wildman–Crippen LogP) is 3.38. The number of halogens is 1.